The maximum Gasteiger partial charge on any atom is 0.261 e. The first kappa shape index (κ1) is 15.2. The second-order valence-electron chi connectivity index (χ2n) is 5.37. The van der Waals surface area contributed by atoms with Gasteiger partial charge in [0.2, 0.25) is 0 Å². The van der Waals surface area contributed by atoms with Crippen LogP contribution in [0.15, 0.2) is 47.3 Å². The number of hydrogen-bond acceptors (Lipinski definition) is 3. The number of hydrogen-bond donors (Lipinski definition) is 2. The number of anilines is 1. The number of aryl methyl sites for hydroxylation is 1. The molecule has 5 nitrogen and oxygen atoms in total. The van der Waals surface area contributed by atoms with Crippen molar-refractivity contribution in [3.63, 3.8) is 0 Å². The van der Waals surface area contributed by atoms with E-state index in [1.807, 2.05) is 31.2 Å². The van der Waals surface area contributed by atoms with E-state index in [4.69, 9.17) is 12.2 Å². The molecule has 0 atom stereocenters. The van der Waals surface area contributed by atoms with Crippen LogP contribution in [-0.4, -0.2) is 15.5 Å². The van der Waals surface area contributed by atoms with Gasteiger partial charge in [0.05, 0.1) is 10.9 Å². The van der Waals surface area contributed by atoms with Gasteiger partial charge >= 0.3 is 0 Å². The minimum atomic E-state index is -0.240. The smallest absolute Gasteiger partial charge is 0.261 e. The summed E-state index contributed by atoms with van der Waals surface area (Å²) in [5.74, 6) is -0.240. The standard InChI is InChI=1S/C17H15N3O2S/c1-10-3-6-12(7-4-10)18-15(21)11-5-8-13-14(9-11)19-17(23)20(2)16(13)22/h3-9H,1-2H3,(H,18,21)(H,19,23). The van der Waals surface area contributed by atoms with Gasteiger partial charge in [0, 0.05) is 18.3 Å². The Kier molecular flexibility index (Phi) is 3.83. The molecule has 0 unspecified atom stereocenters. The first-order chi connectivity index (χ1) is 11.0. The van der Waals surface area contributed by atoms with Crippen molar-refractivity contribution in [2.75, 3.05) is 5.32 Å². The number of nitrogens with zero attached hydrogens (tertiary/aromatic N) is 1. The molecule has 3 aromatic rings. The van der Waals surface area contributed by atoms with Gasteiger partial charge in [0.1, 0.15) is 0 Å². The highest BCUT2D eigenvalue weighted by atomic mass is 32.1. The van der Waals surface area contributed by atoms with Crippen LogP contribution in [0, 0.1) is 11.7 Å². The lowest BCUT2D eigenvalue weighted by atomic mass is 10.1. The molecular formula is C17H15N3O2S. The Morgan fingerprint density at radius 3 is 2.57 bits per heavy atom. The van der Waals surface area contributed by atoms with Crippen molar-refractivity contribution in [3.05, 3.63) is 68.7 Å². The quantitative estimate of drug-likeness (QED) is 0.711. The summed E-state index contributed by atoms with van der Waals surface area (Å²) in [7, 11) is 1.61. The Morgan fingerprint density at radius 1 is 1.17 bits per heavy atom. The number of nitrogens with one attached hydrogen (secondary N) is 2. The summed E-state index contributed by atoms with van der Waals surface area (Å²) in [6.07, 6.45) is 0. The van der Waals surface area contributed by atoms with Crippen molar-refractivity contribution in [2.24, 2.45) is 7.05 Å². The van der Waals surface area contributed by atoms with Crippen LogP contribution in [0.5, 0.6) is 0 Å². The van der Waals surface area contributed by atoms with E-state index in [2.05, 4.69) is 10.3 Å². The van der Waals surface area contributed by atoms with Crippen LogP contribution in [0.3, 0.4) is 0 Å². The Bertz CT molecular complexity index is 1020. The molecule has 6 heteroatoms. The van der Waals surface area contributed by atoms with Gasteiger partial charge in [-0.25, -0.2) is 0 Å². The number of carbonyl (C=O) groups is 1. The highest BCUT2D eigenvalue weighted by Gasteiger charge is 2.09. The van der Waals surface area contributed by atoms with Crippen LogP contribution in [0.2, 0.25) is 0 Å². The number of rotatable bonds is 2. The summed E-state index contributed by atoms with van der Waals surface area (Å²) in [4.78, 5) is 27.4. The van der Waals surface area contributed by atoms with Gasteiger partial charge in [-0.1, -0.05) is 17.7 Å². The molecule has 1 amide bonds. The normalized spacial score (nSPS) is 10.7. The SMILES string of the molecule is Cc1ccc(NC(=O)c2ccc3c(=O)n(C)c(=S)[nH]c3c2)cc1. The first-order valence-electron chi connectivity index (χ1n) is 7.07. The van der Waals surface area contributed by atoms with Gasteiger partial charge in [0.15, 0.2) is 4.77 Å². The summed E-state index contributed by atoms with van der Waals surface area (Å²) in [5, 5.41) is 3.32. The lowest BCUT2D eigenvalue weighted by molar-refractivity contribution is 0.102. The van der Waals surface area contributed by atoms with Crippen LogP contribution in [0.25, 0.3) is 10.9 Å². The average Bonchev–Trinajstić information content (AvgIpc) is 2.54. The van der Waals surface area contributed by atoms with Crippen molar-refractivity contribution in [1.82, 2.24) is 9.55 Å². The van der Waals surface area contributed by atoms with Crippen molar-refractivity contribution < 1.29 is 4.79 Å². The van der Waals surface area contributed by atoms with E-state index in [1.165, 1.54) is 4.57 Å². The molecule has 0 spiro atoms. The molecular weight excluding hydrogens is 310 g/mol. The molecule has 3 rings (SSSR count). The van der Waals surface area contributed by atoms with Gasteiger partial charge in [-0.2, -0.15) is 0 Å². The van der Waals surface area contributed by atoms with Crippen molar-refractivity contribution in [2.45, 2.75) is 6.92 Å². The fraction of sp³-hybridized carbons (Fsp3) is 0.118. The summed E-state index contributed by atoms with van der Waals surface area (Å²) in [6, 6.07) is 12.4. The highest BCUT2D eigenvalue weighted by Crippen LogP contribution is 2.14. The molecule has 0 saturated heterocycles. The average molecular weight is 325 g/mol. The number of carbonyl (C=O) groups excluding carboxylic acids is 1. The van der Waals surface area contributed by atoms with Gasteiger partial charge in [0.25, 0.3) is 11.5 Å². The van der Waals surface area contributed by atoms with E-state index in [0.29, 0.717) is 21.2 Å². The second-order valence-corrected chi connectivity index (χ2v) is 5.76. The van der Waals surface area contributed by atoms with E-state index in [0.717, 1.165) is 11.3 Å². The van der Waals surface area contributed by atoms with Gasteiger partial charge in [-0.15, -0.1) is 0 Å². The van der Waals surface area contributed by atoms with Gasteiger partial charge in [-0.3, -0.25) is 14.2 Å². The van der Waals surface area contributed by atoms with Crippen LogP contribution in [-0.2, 0) is 7.05 Å². The number of H-pyrrole nitrogens is 1. The first-order valence-corrected chi connectivity index (χ1v) is 7.47. The Balaban J connectivity index is 1.98. The third-order valence-corrected chi connectivity index (χ3v) is 4.05. The molecule has 0 radical (unpaired) electrons. The number of aromatic amines is 1. The Labute approximate surface area is 137 Å². The molecule has 1 heterocycles. The Morgan fingerprint density at radius 2 is 1.87 bits per heavy atom. The zero-order valence-electron chi connectivity index (χ0n) is 12.7. The number of aromatic nitrogens is 2. The largest absolute Gasteiger partial charge is 0.332 e. The lowest BCUT2D eigenvalue weighted by Gasteiger charge is -2.07. The summed E-state index contributed by atoms with van der Waals surface area (Å²) in [6.45, 7) is 1.98. The predicted molar refractivity (Wildman–Crippen MR) is 93.5 cm³/mol. The van der Waals surface area contributed by atoms with E-state index in [1.54, 1.807) is 25.2 Å². The van der Waals surface area contributed by atoms with E-state index in [-0.39, 0.29) is 11.5 Å². The molecule has 0 saturated carbocycles. The van der Waals surface area contributed by atoms with Crippen LogP contribution >= 0.6 is 12.2 Å². The number of amides is 1. The molecule has 0 bridgehead atoms. The third-order valence-electron chi connectivity index (χ3n) is 3.67. The highest BCUT2D eigenvalue weighted by molar-refractivity contribution is 7.71. The number of fused-ring (bicyclic) bond motifs is 1. The van der Waals surface area contributed by atoms with Crippen molar-refractivity contribution in [1.29, 1.82) is 0 Å². The van der Waals surface area contributed by atoms with Crippen LogP contribution < -0.4 is 10.9 Å². The zero-order chi connectivity index (χ0) is 16.6. The fourth-order valence-electron chi connectivity index (χ4n) is 2.29. The third kappa shape index (κ3) is 2.93. The maximum absolute atomic E-state index is 12.3. The summed E-state index contributed by atoms with van der Waals surface area (Å²) < 4.78 is 1.68. The van der Waals surface area contributed by atoms with Gasteiger partial charge in [-0.05, 0) is 49.5 Å². The van der Waals surface area contributed by atoms with E-state index < -0.39 is 0 Å². The fourth-order valence-corrected chi connectivity index (χ4v) is 2.48. The maximum atomic E-state index is 12.3. The predicted octanol–water partition coefficient (Wildman–Crippen LogP) is 3.16. The molecule has 23 heavy (non-hydrogen) atoms. The van der Waals surface area contributed by atoms with Crippen molar-refractivity contribution >= 4 is 34.7 Å². The van der Waals surface area contributed by atoms with E-state index in [9.17, 15) is 9.59 Å². The van der Waals surface area contributed by atoms with Crippen LogP contribution in [0.4, 0.5) is 5.69 Å². The molecule has 0 aliphatic heterocycles. The molecule has 2 N–H and O–H groups in total. The molecule has 1 aromatic heterocycles. The molecule has 2 aromatic carbocycles. The summed E-state index contributed by atoms with van der Waals surface area (Å²) >= 11 is 5.10. The van der Waals surface area contributed by atoms with E-state index >= 15 is 0 Å². The molecule has 0 fully saturated rings. The minimum absolute atomic E-state index is 0.186. The Hall–Kier alpha value is -2.73. The molecule has 0 aliphatic rings. The monoisotopic (exact) mass is 325 g/mol. The number of benzene rings is 2. The minimum Gasteiger partial charge on any atom is -0.332 e. The second kappa shape index (κ2) is 5.81. The van der Waals surface area contributed by atoms with Gasteiger partial charge < -0.3 is 10.3 Å². The molecule has 0 aliphatic carbocycles. The lowest BCUT2D eigenvalue weighted by Crippen LogP contribution is -2.19. The zero-order valence-corrected chi connectivity index (χ0v) is 13.5. The molecule has 116 valence electrons. The summed E-state index contributed by atoms with van der Waals surface area (Å²) in [5.41, 5.74) is 2.66. The van der Waals surface area contributed by atoms with Crippen LogP contribution in [0.1, 0.15) is 15.9 Å². The topological polar surface area (TPSA) is 66.9 Å². The van der Waals surface area contributed by atoms with Crippen molar-refractivity contribution in [3.8, 4) is 0 Å².